The van der Waals surface area contributed by atoms with E-state index >= 15 is 0 Å². The van der Waals surface area contributed by atoms with Crippen molar-refractivity contribution in [2.45, 2.75) is 13.7 Å². The van der Waals surface area contributed by atoms with Crippen LogP contribution < -0.4 is 10.1 Å². The molecule has 0 aliphatic rings. The van der Waals surface area contributed by atoms with Gasteiger partial charge < -0.3 is 10.1 Å². The van der Waals surface area contributed by atoms with Gasteiger partial charge in [-0.3, -0.25) is 4.79 Å². The number of amides is 1. The van der Waals surface area contributed by atoms with Gasteiger partial charge in [0.1, 0.15) is 11.6 Å². The highest BCUT2D eigenvalue weighted by atomic mass is 19.1. The van der Waals surface area contributed by atoms with Gasteiger partial charge in [-0.2, -0.15) is 5.10 Å². The fourth-order valence-electron chi connectivity index (χ4n) is 2.24. The maximum absolute atomic E-state index is 13.5. The predicted molar refractivity (Wildman–Crippen MR) is 88.3 cm³/mol. The second-order valence-corrected chi connectivity index (χ2v) is 5.50. The van der Waals surface area contributed by atoms with E-state index in [0.717, 1.165) is 6.07 Å². The van der Waals surface area contributed by atoms with Gasteiger partial charge >= 0.3 is 0 Å². The lowest BCUT2D eigenvalue weighted by molar-refractivity contribution is 0.102. The first-order valence-electron chi connectivity index (χ1n) is 7.61. The summed E-state index contributed by atoms with van der Waals surface area (Å²) in [5, 5.41) is 6.66. The normalized spacial score (nSPS) is 10.6. The number of aryl methyl sites for hydroxylation is 1. The van der Waals surface area contributed by atoms with Crippen LogP contribution in [0.15, 0.2) is 48.7 Å². The topological polar surface area (TPSA) is 56.2 Å². The zero-order chi connectivity index (χ0) is 18.7. The summed E-state index contributed by atoms with van der Waals surface area (Å²) in [6.07, 6.45) is 1.48. The van der Waals surface area contributed by atoms with E-state index in [1.165, 1.54) is 41.2 Å². The molecule has 1 N–H and O–H groups in total. The van der Waals surface area contributed by atoms with Gasteiger partial charge in [0.05, 0.1) is 0 Å². The summed E-state index contributed by atoms with van der Waals surface area (Å²) in [6, 6.07) is 8.41. The van der Waals surface area contributed by atoms with Crippen molar-refractivity contribution < 1.29 is 22.7 Å². The van der Waals surface area contributed by atoms with E-state index in [9.17, 15) is 18.0 Å². The van der Waals surface area contributed by atoms with Crippen LogP contribution in [0.1, 0.15) is 16.1 Å². The molecule has 0 saturated carbocycles. The van der Waals surface area contributed by atoms with Crippen LogP contribution in [0.25, 0.3) is 0 Å². The molecule has 1 aromatic heterocycles. The van der Waals surface area contributed by atoms with E-state index in [2.05, 4.69) is 10.4 Å². The molecule has 0 atom stereocenters. The van der Waals surface area contributed by atoms with Crippen molar-refractivity contribution in [2.24, 2.45) is 0 Å². The Hall–Kier alpha value is -3.29. The summed E-state index contributed by atoms with van der Waals surface area (Å²) in [5.74, 6) is -2.54. The number of hydrogen-bond donors (Lipinski definition) is 1. The van der Waals surface area contributed by atoms with Crippen LogP contribution in [0.3, 0.4) is 0 Å². The van der Waals surface area contributed by atoms with Gasteiger partial charge in [0.25, 0.3) is 5.91 Å². The smallest absolute Gasteiger partial charge is 0.276 e. The second-order valence-electron chi connectivity index (χ2n) is 5.50. The number of aromatic nitrogens is 2. The summed E-state index contributed by atoms with van der Waals surface area (Å²) in [4.78, 5) is 12.2. The summed E-state index contributed by atoms with van der Waals surface area (Å²) in [7, 11) is 0. The molecule has 0 unspecified atom stereocenters. The highest BCUT2D eigenvalue weighted by molar-refractivity contribution is 6.03. The molecular formula is C18H14F3N3O2. The predicted octanol–water partition coefficient (Wildman–Crippen LogP) is 3.90. The molecule has 3 rings (SSSR count). The van der Waals surface area contributed by atoms with Crippen molar-refractivity contribution >= 4 is 11.6 Å². The third kappa shape index (κ3) is 4.02. The van der Waals surface area contributed by atoms with E-state index in [1.54, 1.807) is 6.92 Å². The van der Waals surface area contributed by atoms with Gasteiger partial charge in [0.15, 0.2) is 24.0 Å². The minimum Gasteiger partial charge on any atom is -0.468 e. The van der Waals surface area contributed by atoms with Crippen LogP contribution >= 0.6 is 0 Å². The lowest BCUT2D eigenvalue weighted by atomic mass is 10.2. The lowest BCUT2D eigenvalue weighted by Gasteiger charge is -2.08. The number of rotatable bonds is 5. The van der Waals surface area contributed by atoms with Gasteiger partial charge in [-0.15, -0.1) is 0 Å². The average molecular weight is 361 g/mol. The molecule has 0 aliphatic heterocycles. The maximum atomic E-state index is 13.5. The Bertz CT molecular complexity index is 957. The fourth-order valence-corrected chi connectivity index (χ4v) is 2.24. The molecule has 0 fully saturated rings. The van der Waals surface area contributed by atoms with E-state index < -0.39 is 23.4 Å². The first-order valence-corrected chi connectivity index (χ1v) is 7.61. The quantitative estimate of drug-likeness (QED) is 0.750. The monoisotopic (exact) mass is 361 g/mol. The van der Waals surface area contributed by atoms with Crippen molar-refractivity contribution in [3.63, 3.8) is 0 Å². The number of carbonyl (C=O) groups is 1. The minimum absolute atomic E-state index is 0.108. The van der Waals surface area contributed by atoms with Crippen LogP contribution in [0.4, 0.5) is 18.9 Å². The Morgan fingerprint density at radius 3 is 2.58 bits per heavy atom. The number of nitrogens with zero attached hydrogens (tertiary/aromatic N) is 2. The molecule has 1 heterocycles. The molecule has 8 heteroatoms. The Balaban J connectivity index is 1.64. The minimum atomic E-state index is -0.832. The molecule has 0 bridgehead atoms. The Morgan fingerprint density at radius 1 is 1.12 bits per heavy atom. The highest BCUT2D eigenvalue weighted by Gasteiger charge is 2.12. The maximum Gasteiger partial charge on any atom is 0.276 e. The van der Waals surface area contributed by atoms with Crippen molar-refractivity contribution in [2.75, 3.05) is 5.32 Å². The third-order valence-corrected chi connectivity index (χ3v) is 3.56. The van der Waals surface area contributed by atoms with Gasteiger partial charge in [-0.1, -0.05) is 0 Å². The number of carbonyl (C=O) groups excluding carboxylic acids is 1. The fraction of sp³-hybridized carbons (Fsp3) is 0.111. The first-order chi connectivity index (χ1) is 12.4. The second kappa shape index (κ2) is 7.30. The van der Waals surface area contributed by atoms with Gasteiger partial charge in [0.2, 0.25) is 0 Å². The molecule has 0 radical (unpaired) electrons. The van der Waals surface area contributed by atoms with Gasteiger partial charge in [0, 0.05) is 18.0 Å². The molecular weight excluding hydrogens is 347 g/mol. The molecule has 134 valence electrons. The number of nitrogens with one attached hydrogen (secondary N) is 1. The summed E-state index contributed by atoms with van der Waals surface area (Å²) >= 11 is 0. The van der Waals surface area contributed by atoms with Crippen molar-refractivity contribution in [1.29, 1.82) is 0 Å². The molecule has 1 amide bonds. The standard InChI is InChI=1S/C18H14F3N3O2/c1-11-8-12(19)2-4-15(11)22-18(25)16-6-7-24(23-16)10-26-17-5-3-13(20)9-14(17)21/h2-9H,10H2,1H3,(H,22,25). The summed E-state index contributed by atoms with van der Waals surface area (Å²) in [5.41, 5.74) is 1.15. The number of halogens is 3. The third-order valence-electron chi connectivity index (χ3n) is 3.56. The van der Waals surface area contributed by atoms with Crippen molar-refractivity contribution in [1.82, 2.24) is 9.78 Å². The SMILES string of the molecule is Cc1cc(F)ccc1NC(=O)c1ccn(COc2ccc(F)cc2F)n1. The molecule has 0 spiro atoms. The summed E-state index contributed by atoms with van der Waals surface area (Å²) in [6.45, 7) is 1.51. The molecule has 3 aromatic rings. The zero-order valence-corrected chi connectivity index (χ0v) is 13.7. The van der Waals surface area contributed by atoms with Gasteiger partial charge in [-0.05, 0) is 48.9 Å². The molecule has 5 nitrogen and oxygen atoms in total. The van der Waals surface area contributed by atoms with Crippen LogP contribution in [0.5, 0.6) is 5.75 Å². The van der Waals surface area contributed by atoms with Crippen LogP contribution in [-0.4, -0.2) is 15.7 Å². The zero-order valence-electron chi connectivity index (χ0n) is 13.7. The Morgan fingerprint density at radius 2 is 1.85 bits per heavy atom. The van der Waals surface area contributed by atoms with Crippen molar-refractivity contribution in [3.8, 4) is 5.75 Å². The van der Waals surface area contributed by atoms with Crippen LogP contribution in [-0.2, 0) is 6.73 Å². The molecule has 2 aromatic carbocycles. The molecule has 26 heavy (non-hydrogen) atoms. The van der Waals surface area contributed by atoms with Crippen molar-refractivity contribution in [3.05, 3.63) is 77.4 Å². The molecule has 0 aliphatic carbocycles. The highest BCUT2D eigenvalue weighted by Crippen LogP contribution is 2.18. The number of benzene rings is 2. The number of anilines is 1. The Kier molecular flexibility index (Phi) is 4.92. The van der Waals surface area contributed by atoms with E-state index in [-0.39, 0.29) is 18.2 Å². The van der Waals surface area contributed by atoms with Gasteiger partial charge in [-0.25, -0.2) is 17.9 Å². The average Bonchev–Trinajstić information content (AvgIpc) is 3.06. The number of hydrogen-bond acceptors (Lipinski definition) is 3. The van der Waals surface area contributed by atoms with Crippen LogP contribution in [0.2, 0.25) is 0 Å². The lowest BCUT2D eigenvalue weighted by Crippen LogP contribution is -2.15. The molecule has 0 saturated heterocycles. The van der Waals surface area contributed by atoms with Crippen LogP contribution in [0, 0.1) is 24.4 Å². The van der Waals surface area contributed by atoms with E-state index in [4.69, 9.17) is 4.74 Å². The first kappa shape index (κ1) is 17.5. The van der Waals surface area contributed by atoms with E-state index in [0.29, 0.717) is 17.3 Å². The largest absolute Gasteiger partial charge is 0.468 e. The number of ether oxygens (including phenoxy) is 1. The Labute approximate surface area is 147 Å². The van der Waals surface area contributed by atoms with E-state index in [1.807, 2.05) is 0 Å². The summed E-state index contributed by atoms with van der Waals surface area (Å²) < 4.78 is 46.0.